The molecule has 1 rings (SSSR count). The summed E-state index contributed by atoms with van der Waals surface area (Å²) >= 11 is 11.7. The molecule has 0 atom stereocenters. The minimum Gasteiger partial charge on any atom is -0.383 e. The summed E-state index contributed by atoms with van der Waals surface area (Å²) in [7, 11) is 0. The van der Waals surface area contributed by atoms with Crippen molar-refractivity contribution in [3.05, 3.63) is 40.7 Å². The van der Waals surface area contributed by atoms with Crippen LogP contribution in [-0.2, 0) is 0 Å². The third-order valence-electron chi connectivity index (χ3n) is 1.89. The average Bonchev–Trinajstić information content (AvgIpc) is 2.15. The number of hydrogen-bond acceptors (Lipinski definition) is 1. The van der Waals surface area contributed by atoms with Gasteiger partial charge in [0, 0.05) is 6.54 Å². The first-order valence-electron chi connectivity index (χ1n) is 4.64. The van der Waals surface area contributed by atoms with Crippen LogP contribution < -0.4 is 5.32 Å². The Labute approximate surface area is 98.9 Å². The van der Waals surface area contributed by atoms with E-state index in [9.17, 15) is 4.39 Å². The fourth-order valence-corrected chi connectivity index (χ4v) is 1.76. The van der Waals surface area contributed by atoms with Crippen molar-refractivity contribution < 1.29 is 4.39 Å². The van der Waals surface area contributed by atoms with E-state index < -0.39 is 5.82 Å². The van der Waals surface area contributed by atoms with Gasteiger partial charge in [-0.05, 0) is 25.0 Å². The Balaban J connectivity index is 2.64. The minimum atomic E-state index is -0.429. The Bertz CT molecular complexity index is 329. The molecule has 0 bridgehead atoms. The third-order valence-corrected chi connectivity index (χ3v) is 2.49. The molecule has 0 amide bonds. The number of hydrogen-bond donors (Lipinski definition) is 1. The molecule has 15 heavy (non-hydrogen) atoms. The van der Waals surface area contributed by atoms with Gasteiger partial charge < -0.3 is 5.32 Å². The zero-order valence-corrected chi connectivity index (χ0v) is 9.71. The Morgan fingerprint density at radius 2 is 1.93 bits per heavy atom. The van der Waals surface area contributed by atoms with E-state index >= 15 is 0 Å². The first-order chi connectivity index (χ1) is 7.15. The summed E-state index contributed by atoms with van der Waals surface area (Å²) in [5.41, 5.74) is 0.587. The Kier molecular flexibility index (Phi) is 4.92. The molecule has 0 saturated heterocycles. The maximum Gasteiger partial charge on any atom is 0.126 e. The second-order valence-electron chi connectivity index (χ2n) is 3.10. The van der Waals surface area contributed by atoms with Gasteiger partial charge in [0.2, 0.25) is 0 Å². The lowest BCUT2D eigenvalue weighted by Crippen LogP contribution is -2.02. The van der Waals surface area contributed by atoms with Crippen LogP contribution in [0.2, 0.25) is 10.0 Å². The quantitative estimate of drug-likeness (QED) is 0.597. The predicted molar refractivity (Wildman–Crippen MR) is 64.3 cm³/mol. The molecule has 0 fully saturated rings. The fraction of sp³-hybridized carbons (Fsp3) is 0.273. The normalized spacial score (nSPS) is 10.1. The number of nitrogens with one attached hydrogen (secondary N) is 1. The van der Waals surface area contributed by atoms with Gasteiger partial charge >= 0.3 is 0 Å². The van der Waals surface area contributed by atoms with Crippen molar-refractivity contribution in [3.63, 3.8) is 0 Å². The van der Waals surface area contributed by atoms with Crippen LogP contribution in [0.25, 0.3) is 0 Å². The number of rotatable bonds is 5. The SMILES string of the molecule is C=CCCCNc1c(Cl)cc(F)cc1Cl. The van der Waals surface area contributed by atoms with Crippen molar-refractivity contribution in [3.8, 4) is 0 Å². The third kappa shape index (κ3) is 3.73. The van der Waals surface area contributed by atoms with Crippen LogP contribution in [0.1, 0.15) is 12.8 Å². The van der Waals surface area contributed by atoms with Gasteiger partial charge in [-0.3, -0.25) is 0 Å². The van der Waals surface area contributed by atoms with E-state index in [1.165, 1.54) is 12.1 Å². The lowest BCUT2D eigenvalue weighted by molar-refractivity contribution is 0.628. The average molecular weight is 248 g/mol. The maximum absolute atomic E-state index is 12.8. The summed E-state index contributed by atoms with van der Waals surface area (Å²) in [5.74, 6) is -0.429. The topological polar surface area (TPSA) is 12.0 Å². The molecule has 0 radical (unpaired) electrons. The number of benzene rings is 1. The van der Waals surface area contributed by atoms with Crippen LogP contribution in [-0.4, -0.2) is 6.54 Å². The van der Waals surface area contributed by atoms with Crippen molar-refractivity contribution in [1.82, 2.24) is 0 Å². The van der Waals surface area contributed by atoms with Crippen molar-refractivity contribution in [1.29, 1.82) is 0 Å². The first kappa shape index (κ1) is 12.3. The summed E-state index contributed by atoms with van der Waals surface area (Å²) in [6.45, 7) is 4.36. The number of anilines is 1. The van der Waals surface area contributed by atoms with Crippen molar-refractivity contribution in [2.45, 2.75) is 12.8 Å². The Morgan fingerprint density at radius 1 is 1.33 bits per heavy atom. The van der Waals surface area contributed by atoms with Gasteiger partial charge in [0.25, 0.3) is 0 Å². The van der Waals surface area contributed by atoms with Crippen LogP contribution in [0.3, 0.4) is 0 Å². The van der Waals surface area contributed by atoms with E-state index in [-0.39, 0.29) is 0 Å². The van der Waals surface area contributed by atoms with E-state index in [1.54, 1.807) is 0 Å². The second-order valence-corrected chi connectivity index (χ2v) is 3.92. The molecule has 4 heteroatoms. The molecule has 1 aromatic carbocycles. The standard InChI is InChI=1S/C11H12Cl2FN/c1-2-3-4-5-15-11-9(12)6-8(14)7-10(11)13/h2,6-7,15H,1,3-5H2. The smallest absolute Gasteiger partial charge is 0.126 e. The van der Waals surface area contributed by atoms with Crippen LogP contribution in [0.5, 0.6) is 0 Å². The van der Waals surface area contributed by atoms with Gasteiger partial charge in [-0.25, -0.2) is 4.39 Å². The van der Waals surface area contributed by atoms with Gasteiger partial charge in [0.05, 0.1) is 15.7 Å². The monoisotopic (exact) mass is 247 g/mol. The maximum atomic E-state index is 12.8. The Morgan fingerprint density at radius 3 is 2.47 bits per heavy atom. The lowest BCUT2D eigenvalue weighted by atomic mass is 10.2. The van der Waals surface area contributed by atoms with E-state index in [0.29, 0.717) is 15.7 Å². The summed E-state index contributed by atoms with van der Waals surface area (Å²) in [5, 5.41) is 3.67. The van der Waals surface area contributed by atoms with Crippen LogP contribution in [0, 0.1) is 5.82 Å². The molecular formula is C11H12Cl2FN. The molecule has 1 nitrogen and oxygen atoms in total. The fourth-order valence-electron chi connectivity index (χ4n) is 1.17. The zero-order valence-electron chi connectivity index (χ0n) is 8.19. The molecule has 1 aromatic rings. The minimum absolute atomic E-state index is 0.304. The number of allylic oxidation sites excluding steroid dienone is 1. The largest absolute Gasteiger partial charge is 0.383 e. The number of halogens is 3. The van der Waals surface area contributed by atoms with E-state index in [0.717, 1.165) is 19.4 Å². The molecule has 0 heterocycles. The summed E-state index contributed by atoms with van der Waals surface area (Å²) in [6.07, 6.45) is 3.70. The summed E-state index contributed by atoms with van der Waals surface area (Å²) < 4.78 is 12.8. The van der Waals surface area contributed by atoms with E-state index in [4.69, 9.17) is 23.2 Å². The first-order valence-corrected chi connectivity index (χ1v) is 5.40. The van der Waals surface area contributed by atoms with Crippen molar-refractivity contribution in [2.75, 3.05) is 11.9 Å². The lowest BCUT2D eigenvalue weighted by Gasteiger charge is -2.09. The highest BCUT2D eigenvalue weighted by Gasteiger charge is 2.07. The van der Waals surface area contributed by atoms with Crippen LogP contribution >= 0.6 is 23.2 Å². The molecule has 0 aliphatic rings. The molecular weight excluding hydrogens is 236 g/mol. The zero-order chi connectivity index (χ0) is 11.3. The van der Waals surface area contributed by atoms with Gasteiger partial charge in [-0.1, -0.05) is 29.3 Å². The Hall–Kier alpha value is -0.730. The van der Waals surface area contributed by atoms with Crippen molar-refractivity contribution >= 4 is 28.9 Å². The molecule has 0 aliphatic heterocycles. The molecule has 0 spiro atoms. The summed E-state index contributed by atoms with van der Waals surface area (Å²) in [6, 6.07) is 2.48. The van der Waals surface area contributed by atoms with Crippen LogP contribution in [0.15, 0.2) is 24.8 Å². The molecule has 0 saturated carbocycles. The van der Waals surface area contributed by atoms with Gasteiger partial charge in [-0.2, -0.15) is 0 Å². The van der Waals surface area contributed by atoms with Gasteiger partial charge in [0.1, 0.15) is 5.82 Å². The highest BCUT2D eigenvalue weighted by Crippen LogP contribution is 2.31. The molecule has 82 valence electrons. The van der Waals surface area contributed by atoms with Gasteiger partial charge in [0.15, 0.2) is 0 Å². The molecule has 0 aliphatic carbocycles. The highest BCUT2D eigenvalue weighted by atomic mass is 35.5. The summed E-state index contributed by atoms with van der Waals surface area (Å²) in [4.78, 5) is 0. The molecule has 0 unspecified atom stereocenters. The number of unbranched alkanes of at least 4 members (excludes halogenated alkanes) is 1. The molecule has 1 N–H and O–H groups in total. The van der Waals surface area contributed by atoms with Crippen LogP contribution in [0.4, 0.5) is 10.1 Å². The van der Waals surface area contributed by atoms with E-state index in [2.05, 4.69) is 11.9 Å². The highest BCUT2D eigenvalue weighted by molar-refractivity contribution is 6.39. The predicted octanol–water partition coefficient (Wildman–Crippen LogP) is 4.51. The van der Waals surface area contributed by atoms with Gasteiger partial charge in [-0.15, -0.1) is 6.58 Å². The molecule has 0 aromatic heterocycles. The second kappa shape index (κ2) is 5.99. The van der Waals surface area contributed by atoms with E-state index in [1.807, 2.05) is 6.08 Å². The van der Waals surface area contributed by atoms with Crippen molar-refractivity contribution in [2.24, 2.45) is 0 Å².